The number of hydrogen-bond acceptors (Lipinski definition) is 2. The van der Waals surface area contributed by atoms with Crippen LogP contribution in [-0.2, 0) is 0 Å². The van der Waals surface area contributed by atoms with Crippen molar-refractivity contribution in [2.45, 2.75) is 70.4 Å². The van der Waals surface area contributed by atoms with Crippen LogP contribution in [0.15, 0.2) is 0 Å². The molecule has 0 amide bonds. The molecular formula is C15H30N2. The SMILES string of the molecule is CCCN(CC1CC1)C1CCCCCC1NC. The Bertz CT molecular complexity index is 213. The molecule has 2 rings (SSSR count). The average molecular weight is 238 g/mol. The minimum absolute atomic E-state index is 0.739. The first-order valence-corrected chi connectivity index (χ1v) is 7.76. The fourth-order valence-corrected chi connectivity index (χ4v) is 3.37. The molecule has 2 aliphatic carbocycles. The average Bonchev–Trinajstić information content (AvgIpc) is 3.14. The third kappa shape index (κ3) is 3.96. The highest BCUT2D eigenvalue weighted by Crippen LogP contribution is 2.32. The monoisotopic (exact) mass is 238 g/mol. The third-order valence-corrected chi connectivity index (χ3v) is 4.52. The fraction of sp³-hybridized carbons (Fsp3) is 1.00. The van der Waals surface area contributed by atoms with E-state index in [9.17, 15) is 0 Å². The first-order chi connectivity index (χ1) is 8.35. The van der Waals surface area contributed by atoms with Gasteiger partial charge >= 0.3 is 0 Å². The molecule has 0 aromatic heterocycles. The van der Waals surface area contributed by atoms with Crippen molar-refractivity contribution >= 4 is 0 Å². The van der Waals surface area contributed by atoms with Gasteiger partial charge in [-0.2, -0.15) is 0 Å². The van der Waals surface area contributed by atoms with Crippen LogP contribution in [0.4, 0.5) is 0 Å². The van der Waals surface area contributed by atoms with E-state index in [4.69, 9.17) is 0 Å². The molecule has 17 heavy (non-hydrogen) atoms. The number of hydrogen-bond donors (Lipinski definition) is 1. The van der Waals surface area contributed by atoms with E-state index in [2.05, 4.69) is 24.2 Å². The molecule has 1 N–H and O–H groups in total. The molecule has 0 aromatic carbocycles. The molecule has 2 atom stereocenters. The van der Waals surface area contributed by atoms with Gasteiger partial charge in [0.15, 0.2) is 0 Å². The fourth-order valence-electron chi connectivity index (χ4n) is 3.37. The van der Waals surface area contributed by atoms with Crippen LogP contribution < -0.4 is 5.32 Å². The summed E-state index contributed by atoms with van der Waals surface area (Å²) in [7, 11) is 2.16. The Labute approximate surface area is 107 Å². The Morgan fingerprint density at radius 1 is 1.06 bits per heavy atom. The predicted octanol–water partition coefficient (Wildman–Crippen LogP) is 3.03. The zero-order valence-electron chi connectivity index (χ0n) is 11.8. The van der Waals surface area contributed by atoms with Gasteiger partial charge in [0.05, 0.1) is 0 Å². The second-order valence-corrected chi connectivity index (χ2v) is 6.04. The summed E-state index contributed by atoms with van der Waals surface area (Å²) >= 11 is 0. The minimum atomic E-state index is 0.739. The van der Waals surface area contributed by atoms with Crippen LogP contribution in [0.25, 0.3) is 0 Å². The van der Waals surface area contributed by atoms with Gasteiger partial charge in [0.25, 0.3) is 0 Å². The summed E-state index contributed by atoms with van der Waals surface area (Å²) in [5.41, 5.74) is 0. The maximum Gasteiger partial charge on any atom is 0.0249 e. The normalized spacial score (nSPS) is 30.5. The molecule has 2 nitrogen and oxygen atoms in total. The van der Waals surface area contributed by atoms with E-state index in [1.54, 1.807) is 0 Å². The first kappa shape index (κ1) is 13.4. The summed E-state index contributed by atoms with van der Waals surface area (Å²) < 4.78 is 0. The molecule has 2 aliphatic rings. The van der Waals surface area contributed by atoms with E-state index in [1.807, 2.05) is 0 Å². The van der Waals surface area contributed by atoms with Crippen molar-refractivity contribution in [2.24, 2.45) is 5.92 Å². The first-order valence-electron chi connectivity index (χ1n) is 7.76. The van der Waals surface area contributed by atoms with E-state index in [0.29, 0.717) is 0 Å². The summed E-state index contributed by atoms with van der Waals surface area (Å²) in [6.07, 6.45) is 11.4. The maximum absolute atomic E-state index is 3.58. The number of nitrogens with zero attached hydrogens (tertiary/aromatic N) is 1. The van der Waals surface area contributed by atoms with Crippen molar-refractivity contribution in [3.63, 3.8) is 0 Å². The lowest BCUT2D eigenvalue weighted by molar-refractivity contribution is 0.145. The summed E-state index contributed by atoms with van der Waals surface area (Å²) in [6, 6.07) is 1.55. The lowest BCUT2D eigenvalue weighted by atomic mass is 10.0. The van der Waals surface area contributed by atoms with Crippen molar-refractivity contribution in [3.8, 4) is 0 Å². The van der Waals surface area contributed by atoms with Crippen LogP contribution in [0.1, 0.15) is 58.3 Å². The zero-order valence-corrected chi connectivity index (χ0v) is 11.8. The molecule has 0 spiro atoms. The Morgan fingerprint density at radius 3 is 2.47 bits per heavy atom. The molecule has 0 radical (unpaired) electrons. The lowest BCUT2D eigenvalue weighted by Crippen LogP contribution is -2.49. The van der Waals surface area contributed by atoms with Gasteiger partial charge < -0.3 is 5.32 Å². The van der Waals surface area contributed by atoms with Gasteiger partial charge in [-0.1, -0.05) is 26.2 Å². The largest absolute Gasteiger partial charge is 0.315 e. The van der Waals surface area contributed by atoms with E-state index in [1.165, 1.54) is 64.5 Å². The highest BCUT2D eigenvalue weighted by molar-refractivity contribution is 4.89. The van der Waals surface area contributed by atoms with Gasteiger partial charge in [0.2, 0.25) is 0 Å². The Balaban J connectivity index is 1.95. The van der Waals surface area contributed by atoms with Crippen LogP contribution in [0, 0.1) is 5.92 Å². The smallest absolute Gasteiger partial charge is 0.0249 e. The Morgan fingerprint density at radius 2 is 1.82 bits per heavy atom. The highest BCUT2D eigenvalue weighted by Gasteiger charge is 2.31. The topological polar surface area (TPSA) is 15.3 Å². The predicted molar refractivity (Wildman–Crippen MR) is 74.3 cm³/mol. The lowest BCUT2D eigenvalue weighted by Gasteiger charge is -2.36. The van der Waals surface area contributed by atoms with Crippen LogP contribution in [0.3, 0.4) is 0 Å². The van der Waals surface area contributed by atoms with Gasteiger partial charge in [0, 0.05) is 18.6 Å². The Kier molecular flexibility index (Phi) is 5.30. The summed E-state index contributed by atoms with van der Waals surface area (Å²) in [4.78, 5) is 2.81. The van der Waals surface area contributed by atoms with Crippen molar-refractivity contribution in [3.05, 3.63) is 0 Å². The molecule has 0 aromatic rings. The van der Waals surface area contributed by atoms with E-state index in [0.717, 1.165) is 18.0 Å². The molecule has 2 saturated carbocycles. The molecule has 0 heterocycles. The molecule has 0 saturated heterocycles. The maximum atomic E-state index is 3.58. The molecule has 0 bridgehead atoms. The molecule has 2 unspecified atom stereocenters. The van der Waals surface area contributed by atoms with Gasteiger partial charge in [-0.05, 0) is 51.6 Å². The second kappa shape index (κ2) is 6.75. The Hall–Kier alpha value is -0.0800. The van der Waals surface area contributed by atoms with E-state index >= 15 is 0 Å². The standard InChI is InChI=1S/C15H30N2/c1-3-11-17(12-13-9-10-13)15-8-6-4-5-7-14(15)16-2/h13-16H,3-12H2,1-2H3. The number of rotatable bonds is 6. The van der Waals surface area contributed by atoms with Crippen molar-refractivity contribution in [1.82, 2.24) is 10.2 Å². The number of likely N-dealkylation sites (N-methyl/N-ethyl adjacent to an activating group) is 1. The summed E-state index contributed by atoms with van der Waals surface area (Å²) in [6.45, 7) is 5.00. The summed E-state index contributed by atoms with van der Waals surface area (Å²) in [5.74, 6) is 1.03. The van der Waals surface area contributed by atoms with Crippen molar-refractivity contribution in [2.75, 3.05) is 20.1 Å². The molecule has 100 valence electrons. The van der Waals surface area contributed by atoms with Crippen LogP contribution in [0.2, 0.25) is 0 Å². The van der Waals surface area contributed by atoms with Gasteiger partial charge in [-0.3, -0.25) is 4.90 Å². The van der Waals surface area contributed by atoms with Gasteiger partial charge in [-0.15, -0.1) is 0 Å². The summed E-state index contributed by atoms with van der Waals surface area (Å²) in [5, 5.41) is 3.58. The third-order valence-electron chi connectivity index (χ3n) is 4.52. The van der Waals surface area contributed by atoms with Crippen molar-refractivity contribution in [1.29, 1.82) is 0 Å². The molecular weight excluding hydrogens is 208 g/mol. The molecule has 0 aliphatic heterocycles. The van der Waals surface area contributed by atoms with Crippen LogP contribution >= 0.6 is 0 Å². The van der Waals surface area contributed by atoms with Crippen LogP contribution in [0.5, 0.6) is 0 Å². The van der Waals surface area contributed by atoms with Crippen LogP contribution in [-0.4, -0.2) is 37.1 Å². The molecule has 2 fully saturated rings. The second-order valence-electron chi connectivity index (χ2n) is 6.04. The molecule has 2 heteroatoms. The number of nitrogens with one attached hydrogen (secondary N) is 1. The van der Waals surface area contributed by atoms with Gasteiger partial charge in [-0.25, -0.2) is 0 Å². The highest BCUT2D eigenvalue weighted by atomic mass is 15.2. The van der Waals surface area contributed by atoms with E-state index < -0.39 is 0 Å². The minimum Gasteiger partial charge on any atom is -0.315 e. The quantitative estimate of drug-likeness (QED) is 0.716. The van der Waals surface area contributed by atoms with Crippen molar-refractivity contribution < 1.29 is 0 Å². The van der Waals surface area contributed by atoms with Gasteiger partial charge in [0.1, 0.15) is 0 Å². The zero-order chi connectivity index (χ0) is 12.1. The van der Waals surface area contributed by atoms with E-state index in [-0.39, 0.29) is 0 Å².